The Morgan fingerprint density at radius 1 is 0.341 bits per heavy atom. The van der Waals surface area contributed by atoms with E-state index in [4.69, 9.17) is 23.8 Å². The van der Waals surface area contributed by atoms with Gasteiger partial charge in [0.1, 0.15) is 22.3 Å². The van der Waals surface area contributed by atoms with Gasteiger partial charge in [-0.1, -0.05) is 109 Å². The maximum Gasteiger partial charge on any atom is 0.164 e. The Morgan fingerprint density at radius 2 is 0.864 bits per heavy atom. The van der Waals surface area contributed by atoms with Gasteiger partial charge in [0.25, 0.3) is 0 Å². The summed E-state index contributed by atoms with van der Waals surface area (Å²) in [6.45, 7) is 0. The molecule has 0 bridgehead atoms. The quantitative estimate of drug-likeness (QED) is 0.212. The van der Waals surface area contributed by atoms with Gasteiger partial charge in [0.15, 0.2) is 17.5 Å². The molecule has 0 radical (unpaired) electrons. The van der Waals surface area contributed by atoms with Crippen LogP contribution in [0.2, 0.25) is 0 Å². The Balaban J connectivity index is 1.17. The van der Waals surface area contributed by atoms with Crippen molar-refractivity contribution >= 4 is 43.9 Å². The van der Waals surface area contributed by atoms with Gasteiger partial charge in [-0.25, -0.2) is 15.0 Å². The van der Waals surface area contributed by atoms with Crippen LogP contribution >= 0.6 is 0 Å². The molecule has 206 valence electrons. The molecule has 0 saturated heterocycles. The summed E-state index contributed by atoms with van der Waals surface area (Å²) < 4.78 is 12.3. The van der Waals surface area contributed by atoms with Crippen molar-refractivity contribution in [2.75, 3.05) is 0 Å². The third-order valence-electron chi connectivity index (χ3n) is 8.16. The van der Waals surface area contributed by atoms with Crippen molar-refractivity contribution < 1.29 is 8.83 Å². The highest BCUT2D eigenvalue weighted by molar-refractivity contribution is 6.12. The minimum absolute atomic E-state index is 0.593. The molecular weight excluding hydrogens is 542 g/mol. The molecule has 5 nitrogen and oxygen atoms in total. The van der Waals surface area contributed by atoms with Crippen molar-refractivity contribution in [1.29, 1.82) is 0 Å². The van der Waals surface area contributed by atoms with E-state index in [1.54, 1.807) is 0 Å². The van der Waals surface area contributed by atoms with Crippen molar-refractivity contribution in [2.45, 2.75) is 0 Å². The molecule has 3 heterocycles. The van der Waals surface area contributed by atoms with Crippen molar-refractivity contribution in [3.05, 3.63) is 140 Å². The normalized spacial score (nSPS) is 11.6. The average molecular weight is 566 g/mol. The molecule has 0 fully saturated rings. The number of furan rings is 2. The highest BCUT2D eigenvalue weighted by Crippen LogP contribution is 2.37. The zero-order valence-corrected chi connectivity index (χ0v) is 23.4. The minimum atomic E-state index is 0.593. The monoisotopic (exact) mass is 565 g/mol. The first-order chi connectivity index (χ1) is 21.8. The summed E-state index contributed by atoms with van der Waals surface area (Å²) >= 11 is 0. The first-order valence-corrected chi connectivity index (χ1v) is 14.5. The van der Waals surface area contributed by atoms with Crippen LogP contribution in [-0.2, 0) is 0 Å². The molecule has 9 rings (SSSR count). The summed E-state index contributed by atoms with van der Waals surface area (Å²) in [4.78, 5) is 14.8. The van der Waals surface area contributed by atoms with E-state index >= 15 is 0 Å². The van der Waals surface area contributed by atoms with E-state index in [0.717, 1.165) is 71.7 Å². The SMILES string of the molecule is c1ccc(-c2nc(-c3ccc(-c4cccc5oc6ccccc6c45)cc3)nc(-c3ccc4c(c3)oc3ccccc34)n2)cc1. The third-order valence-corrected chi connectivity index (χ3v) is 8.16. The molecule has 6 aromatic carbocycles. The number of para-hydroxylation sites is 2. The molecular formula is C39H23N3O2. The van der Waals surface area contributed by atoms with Gasteiger partial charge in [0, 0.05) is 38.2 Å². The smallest absolute Gasteiger partial charge is 0.164 e. The maximum absolute atomic E-state index is 6.17. The largest absolute Gasteiger partial charge is 0.456 e. The maximum atomic E-state index is 6.17. The number of hydrogen-bond donors (Lipinski definition) is 0. The van der Waals surface area contributed by atoms with Crippen molar-refractivity contribution in [3.63, 3.8) is 0 Å². The van der Waals surface area contributed by atoms with Crippen LogP contribution in [0.4, 0.5) is 0 Å². The Kier molecular flexibility index (Phi) is 5.43. The van der Waals surface area contributed by atoms with Gasteiger partial charge in [-0.15, -0.1) is 0 Å². The van der Waals surface area contributed by atoms with E-state index in [1.807, 2.05) is 84.9 Å². The topological polar surface area (TPSA) is 65.0 Å². The van der Waals surface area contributed by atoms with Crippen LogP contribution in [0, 0.1) is 0 Å². The van der Waals surface area contributed by atoms with Crippen LogP contribution in [0.5, 0.6) is 0 Å². The molecule has 0 amide bonds. The van der Waals surface area contributed by atoms with Crippen molar-refractivity contribution in [1.82, 2.24) is 15.0 Å². The van der Waals surface area contributed by atoms with Gasteiger partial charge in [-0.3, -0.25) is 0 Å². The highest BCUT2D eigenvalue weighted by Gasteiger charge is 2.16. The van der Waals surface area contributed by atoms with Crippen LogP contribution in [0.3, 0.4) is 0 Å². The lowest BCUT2D eigenvalue weighted by atomic mass is 9.98. The van der Waals surface area contributed by atoms with Crippen LogP contribution < -0.4 is 0 Å². The standard InChI is InChI=1S/C39H23N3O2/c1-2-9-25(10-3-1)37-40-38(42-39(41-37)27-21-22-30-29-11-4-6-14-32(29)44-35(30)23-27)26-19-17-24(18-20-26)28-13-8-16-34-36(28)31-12-5-7-15-33(31)43-34/h1-23H. The number of nitrogens with zero attached hydrogens (tertiary/aromatic N) is 3. The predicted molar refractivity (Wildman–Crippen MR) is 176 cm³/mol. The van der Waals surface area contributed by atoms with Gasteiger partial charge < -0.3 is 8.83 Å². The molecule has 0 saturated carbocycles. The fourth-order valence-corrected chi connectivity index (χ4v) is 6.03. The molecule has 0 spiro atoms. The fourth-order valence-electron chi connectivity index (χ4n) is 6.03. The Morgan fingerprint density at radius 3 is 1.64 bits per heavy atom. The van der Waals surface area contributed by atoms with Crippen molar-refractivity contribution in [3.8, 4) is 45.3 Å². The number of benzene rings is 6. The number of fused-ring (bicyclic) bond motifs is 6. The molecule has 0 aliphatic carbocycles. The molecule has 5 heteroatoms. The van der Waals surface area contributed by atoms with E-state index in [0.29, 0.717) is 17.5 Å². The third kappa shape index (κ3) is 3.98. The molecule has 9 aromatic rings. The summed E-state index contributed by atoms with van der Waals surface area (Å²) in [7, 11) is 0. The summed E-state index contributed by atoms with van der Waals surface area (Å²) in [5.41, 5.74) is 8.35. The second kappa shape index (κ2) is 9.75. The van der Waals surface area contributed by atoms with E-state index in [2.05, 4.69) is 54.6 Å². The lowest BCUT2D eigenvalue weighted by molar-refractivity contribution is 0.668. The van der Waals surface area contributed by atoms with Gasteiger partial charge in [-0.2, -0.15) is 0 Å². The summed E-state index contributed by atoms with van der Waals surface area (Å²) in [6, 6.07) is 47.0. The second-order valence-corrected chi connectivity index (χ2v) is 10.8. The lowest BCUT2D eigenvalue weighted by Crippen LogP contribution is -2.00. The Bertz CT molecular complexity index is 2490. The number of hydrogen-bond acceptors (Lipinski definition) is 5. The zero-order chi connectivity index (χ0) is 29.0. The molecule has 3 aromatic heterocycles. The van der Waals surface area contributed by atoms with Crippen LogP contribution in [0.15, 0.2) is 148 Å². The zero-order valence-electron chi connectivity index (χ0n) is 23.4. The van der Waals surface area contributed by atoms with E-state index < -0.39 is 0 Å². The molecule has 0 aliphatic heterocycles. The lowest BCUT2D eigenvalue weighted by Gasteiger charge is -2.09. The Hall–Kier alpha value is -6.07. The number of rotatable bonds is 4. The van der Waals surface area contributed by atoms with Gasteiger partial charge in [0.05, 0.1) is 0 Å². The first kappa shape index (κ1) is 24.5. The minimum Gasteiger partial charge on any atom is -0.456 e. The molecule has 0 aliphatic rings. The molecule has 44 heavy (non-hydrogen) atoms. The van der Waals surface area contributed by atoms with Gasteiger partial charge >= 0.3 is 0 Å². The first-order valence-electron chi connectivity index (χ1n) is 14.5. The second-order valence-electron chi connectivity index (χ2n) is 10.8. The molecule has 0 unspecified atom stereocenters. The fraction of sp³-hybridized carbons (Fsp3) is 0. The van der Waals surface area contributed by atoms with E-state index in [-0.39, 0.29) is 0 Å². The Labute approximate surface area is 252 Å². The van der Waals surface area contributed by atoms with Gasteiger partial charge in [0.2, 0.25) is 0 Å². The van der Waals surface area contributed by atoms with Crippen LogP contribution in [0.1, 0.15) is 0 Å². The number of aromatic nitrogens is 3. The van der Waals surface area contributed by atoms with Gasteiger partial charge in [-0.05, 0) is 41.5 Å². The summed E-state index contributed by atoms with van der Waals surface area (Å²) in [6.07, 6.45) is 0. The molecule has 0 N–H and O–H groups in total. The predicted octanol–water partition coefficient (Wildman–Crippen LogP) is 10.3. The summed E-state index contributed by atoms with van der Waals surface area (Å²) in [5, 5.41) is 4.39. The van der Waals surface area contributed by atoms with Crippen LogP contribution in [-0.4, -0.2) is 15.0 Å². The average Bonchev–Trinajstić information content (AvgIpc) is 3.66. The summed E-state index contributed by atoms with van der Waals surface area (Å²) in [5.74, 6) is 1.82. The van der Waals surface area contributed by atoms with Crippen LogP contribution in [0.25, 0.3) is 89.2 Å². The highest BCUT2D eigenvalue weighted by atomic mass is 16.3. The molecule has 0 atom stereocenters. The van der Waals surface area contributed by atoms with E-state index in [9.17, 15) is 0 Å². The van der Waals surface area contributed by atoms with Crippen molar-refractivity contribution in [2.24, 2.45) is 0 Å². The van der Waals surface area contributed by atoms with E-state index in [1.165, 1.54) is 0 Å².